The summed E-state index contributed by atoms with van der Waals surface area (Å²) in [7, 11) is 0. The van der Waals surface area contributed by atoms with Crippen LogP contribution in [0, 0.1) is 0 Å². The Morgan fingerprint density at radius 3 is 2.71 bits per heavy atom. The van der Waals surface area contributed by atoms with Crippen molar-refractivity contribution < 1.29 is 4.79 Å². The van der Waals surface area contributed by atoms with Gasteiger partial charge >= 0.3 is 0 Å². The molecule has 0 saturated carbocycles. The van der Waals surface area contributed by atoms with Crippen LogP contribution >= 0.6 is 35.0 Å². The zero-order valence-corrected chi connectivity index (χ0v) is 11.4. The Balaban J connectivity index is 2.03. The number of nitrogens with one attached hydrogen (secondary N) is 1. The molecule has 92 valence electrons. The molecule has 0 bridgehead atoms. The molecule has 0 radical (unpaired) electrons. The average Bonchev–Trinajstić information content (AvgIpc) is 2.29. The van der Waals surface area contributed by atoms with Gasteiger partial charge in [0, 0.05) is 17.4 Å². The van der Waals surface area contributed by atoms with Gasteiger partial charge in [0.15, 0.2) is 0 Å². The number of hydrogen-bond donors (Lipinski definition) is 1. The van der Waals surface area contributed by atoms with Gasteiger partial charge in [-0.1, -0.05) is 23.2 Å². The maximum Gasteiger partial charge on any atom is 0.251 e. The molecule has 1 atom stereocenters. The highest BCUT2D eigenvalue weighted by Gasteiger charge is 2.17. The summed E-state index contributed by atoms with van der Waals surface area (Å²) in [6, 6.07) is 3.30. The Kier molecular flexibility index (Phi) is 4.54. The predicted molar refractivity (Wildman–Crippen MR) is 72.1 cm³/mol. The highest BCUT2D eigenvalue weighted by molar-refractivity contribution is 7.99. The normalized spacial score (nSPS) is 20.0. The number of rotatable bonds is 2. The van der Waals surface area contributed by atoms with Crippen LogP contribution in [0.15, 0.2) is 12.1 Å². The van der Waals surface area contributed by atoms with Crippen LogP contribution in [0.2, 0.25) is 10.3 Å². The summed E-state index contributed by atoms with van der Waals surface area (Å²) in [4.78, 5) is 15.8. The van der Waals surface area contributed by atoms with Crippen LogP contribution in [0.1, 0.15) is 23.2 Å². The highest BCUT2D eigenvalue weighted by Crippen LogP contribution is 2.18. The van der Waals surface area contributed by atoms with Crippen LogP contribution in [0.3, 0.4) is 0 Å². The van der Waals surface area contributed by atoms with E-state index in [4.69, 9.17) is 23.2 Å². The fraction of sp³-hybridized carbons (Fsp3) is 0.455. The molecule has 1 saturated heterocycles. The Morgan fingerprint density at radius 1 is 1.41 bits per heavy atom. The zero-order valence-electron chi connectivity index (χ0n) is 9.08. The topological polar surface area (TPSA) is 42.0 Å². The first-order valence-corrected chi connectivity index (χ1v) is 7.28. The third-order valence-corrected chi connectivity index (χ3v) is 4.12. The summed E-state index contributed by atoms with van der Waals surface area (Å²) in [5.74, 6) is 2.01. The first-order valence-electron chi connectivity index (χ1n) is 5.37. The molecule has 1 fully saturated rings. The van der Waals surface area contributed by atoms with Crippen LogP contribution in [0.4, 0.5) is 0 Å². The average molecular weight is 291 g/mol. The lowest BCUT2D eigenvalue weighted by Crippen LogP contribution is -2.38. The number of thioether (sulfide) groups is 1. The van der Waals surface area contributed by atoms with Crippen molar-refractivity contribution in [3.05, 3.63) is 28.0 Å². The van der Waals surface area contributed by atoms with E-state index in [0.29, 0.717) is 5.56 Å². The minimum Gasteiger partial charge on any atom is -0.348 e. The fourth-order valence-electron chi connectivity index (χ4n) is 1.72. The SMILES string of the molecule is O=C(NC1CCCSC1)c1cc(Cl)nc(Cl)c1. The number of halogens is 2. The molecule has 1 aromatic rings. The molecule has 6 heteroatoms. The first-order chi connectivity index (χ1) is 8.15. The van der Waals surface area contributed by atoms with Gasteiger partial charge in [0.25, 0.3) is 5.91 Å². The fourth-order valence-corrected chi connectivity index (χ4v) is 3.25. The molecule has 1 amide bonds. The van der Waals surface area contributed by atoms with Gasteiger partial charge in [0.2, 0.25) is 0 Å². The van der Waals surface area contributed by atoms with E-state index in [9.17, 15) is 4.79 Å². The van der Waals surface area contributed by atoms with Gasteiger partial charge in [-0.15, -0.1) is 0 Å². The minimum absolute atomic E-state index is 0.135. The van der Waals surface area contributed by atoms with Gasteiger partial charge in [-0.2, -0.15) is 11.8 Å². The third kappa shape index (κ3) is 3.76. The van der Waals surface area contributed by atoms with Gasteiger partial charge in [0.1, 0.15) is 10.3 Å². The molecular weight excluding hydrogens is 279 g/mol. The van der Waals surface area contributed by atoms with Crippen LogP contribution < -0.4 is 5.32 Å². The van der Waals surface area contributed by atoms with Crippen molar-refractivity contribution in [1.29, 1.82) is 0 Å². The summed E-state index contributed by atoms with van der Waals surface area (Å²) in [5.41, 5.74) is 0.463. The molecule has 3 nitrogen and oxygen atoms in total. The quantitative estimate of drug-likeness (QED) is 0.852. The molecule has 0 spiro atoms. The van der Waals surface area contributed by atoms with Gasteiger partial charge < -0.3 is 5.32 Å². The number of aromatic nitrogens is 1. The summed E-state index contributed by atoms with van der Waals surface area (Å²) in [5, 5.41) is 3.46. The maximum atomic E-state index is 12.0. The monoisotopic (exact) mass is 290 g/mol. The Bertz CT molecular complexity index is 402. The Morgan fingerprint density at radius 2 is 2.12 bits per heavy atom. The first kappa shape index (κ1) is 13.0. The molecule has 1 aromatic heterocycles. The molecule has 1 N–H and O–H groups in total. The summed E-state index contributed by atoms with van der Waals surface area (Å²) in [6.07, 6.45) is 2.18. The Hall–Kier alpha value is -0.450. The van der Waals surface area contributed by atoms with Crippen molar-refractivity contribution in [3.8, 4) is 0 Å². The van der Waals surface area contributed by atoms with E-state index in [2.05, 4.69) is 10.3 Å². The number of hydrogen-bond acceptors (Lipinski definition) is 3. The number of carbonyl (C=O) groups is 1. The van der Waals surface area contributed by atoms with Crippen molar-refractivity contribution in [2.24, 2.45) is 0 Å². The van der Waals surface area contributed by atoms with Crippen molar-refractivity contribution in [3.63, 3.8) is 0 Å². The molecule has 1 aliphatic rings. The van der Waals surface area contributed by atoms with E-state index in [1.807, 2.05) is 11.8 Å². The van der Waals surface area contributed by atoms with E-state index in [0.717, 1.165) is 18.6 Å². The molecule has 0 aromatic carbocycles. The predicted octanol–water partition coefficient (Wildman–Crippen LogP) is 3.01. The molecule has 2 heterocycles. The lowest BCUT2D eigenvalue weighted by Gasteiger charge is -2.22. The summed E-state index contributed by atoms with van der Waals surface area (Å²) < 4.78 is 0. The third-order valence-electron chi connectivity index (χ3n) is 2.52. The molecule has 1 unspecified atom stereocenters. The second-order valence-corrected chi connectivity index (χ2v) is 5.81. The van der Waals surface area contributed by atoms with E-state index in [-0.39, 0.29) is 22.3 Å². The summed E-state index contributed by atoms with van der Waals surface area (Å²) in [6.45, 7) is 0. The van der Waals surface area contributed by atoms with Crippen LogP contribution in [0.5, 0.6) is 0 Å². The number of amides is 1. The molecular formula is C11H12Cl2N2OS. The second kappa shape index (κ2) is 5.94. The second-order valence-electron chi connectivity index (χ2n) is 3.89. The molecule has 0 aliphatic carbocycles. The molecule has 1 aliphatic heterocycles. The Labute approximate surface area is 114 Å². The minimum atomic E-state index is -0.135. The van der Waals surface area contributed by atoms with Crippen molar-refractivity contribution in [2.75, 3.05) is 11.5 Å². The van der Waals surface area contributed by atoms with E-state index >= 15 is 0 Å². The standard InChI is InChI=1S/C11H12Cl2N2OS/c12-9-4-7(5-10(13)15-9)11(16)14-8-2-1-3-17-6-8/h4-5,8H,1-3,6H2,(H,14,16). The van der Waals surface area contributed by atoms with E-state index < -0.39 is 0 Å². The van der Waals surface area contributed by atoms with Crippen LogP contribution in [-0.4, -0.2) is 28.4 Å². The lowest BCUT2D eigenvalue weighted by atomic mass is 10.1. The lowest BCUT2D eigenvalue weighted by molar-refractivity contribution is 0.0938. The van der Waals surface area contributed by atoms with Crippen molar-refractivity contribution in [2.45, 2.75) is 18.9 Å². The van der Waals surface area contributed by atoms with Crippen LogP contribution in [-0.2, 0) is 0 Å². The van der Waals surface area contributed by atoms with E-state index in [1.54, 1.807) is 0 Å². The van der Waals surface area contributed by atoms with Crippen molar-refractivity contribution >= 4 is 40.9 Å². The molecule has 2 rings (SSSR count). The number of carbonyl (C=O) groups excluding carboxylic acids is 1. The zero-order chi connectivity index (χ0) is 12.3. The smallest absolute Gasteiger partial charge is 0.251 e. The van der Waals surface area contributed by atoms with Gasteiger partial charge in [0.05, 0.1) is 0 Å². The van der Waals surface area contributed by atoms with Crippen LogP contribution in [0.25, 0.3) is 0 Å². The van der Waals surface area contributed by atoms with Gasteiger partial charge in [-0.05, 0) is 30.7 Å². The number of nitrogens with zero attached hydrogens (tertiary/aromatic N) is 1. The molecule has 17 heavy (non-hydrogen) atoms. The summed E-state index contributed by atoms with van der Waals surface area (Å²) >= 11 is 13.4. The van der Waals surface area contributed by atoms with Crippen molar-refractivity contribution in [1.82, 2.24) is 10.3 Å². The van der Waals surface area contributed by atoms with Gasteiger partial charge in [-0.3, -0.25) is 4.79 Å². The van der Waals surface area contributed by atoms with Gasteiger partial charge in [-0.25, -0.2) is 4.98 Å². The largest absolute Gasteiger partial charge is 0.348 e. The maximum absolute atomic E-state index is 12.0. The highest BCUT2D eigenvalue weighted by atomic mass is 35.5. The van der Waals surface area contributed by atoms with E-state index in [1.165, 1.54) is 17.9 Å². The number of pyridine rings is 1.